The normalized spacial score (nSPS) is 40.3. The summed E-state index contributed by atoms with van der Waals surface area (Å²) in [4.78, 5) is 2.79. The van der Waals surface area contributed by atoms with Crippen LogP contribution in [0.25, 0.3) is 0 Å². The SMILES string of the molecule is C1CC(N2C[C@H]3CNC[C@H]3C2)CCS1. The minimum absolute atomic E-state index is 0.932. The molecule has 3 rings (SSSR count). The monoisotopic (exact) mass is 212 g/mol. The van der Waals surface area contributed by atoms with Gasteiger partial charge in [-0.15, -0.1) is 0 Å². The average molecular weight is 212 g/mol. The number of nitrogens with zero attached hydrogens (tertiary/aromatic N) is 1. The highest BCUT2D eigenvalue weighted by Gasteiger charge is 2.38. The molecule has 3 aliphatic rings. The predicted octanol–water partition coefficient (Wildman–Crippen LogP) is 1.03. The zero-order valence-electron chi connectivity index (χ0n) is 8.74. The van der Waals surface area contributed by atoms with Crippen molar-refractivity contribution in [2.24, 2.45) is 11.8 Å². The van der Waals surface area contributed by atoms with Gasteiger partial charge in [-0.1, -0.05) is 0 Å². The molecule has 0 bridgehead atoms. The maximum absolute atomic E-state index is 3.52. The molecular weight excluding hydrogens is 192 g/mol. The Balaban J connectivity index is 1.59. The van der Waals surface area contributed by atoms with Crippen LogP contribution in [0.15, 0.2) is 0 Å². The van der Waals surface area contributed by atoms with Crippen LogP contribution in [0, 0.1) is 11.8 Å². The molecule has 0 radical (unpaired) electrons. The molecule has 80 valence electrons. The fourth-order valence-corrected chi connectivity index (χ4v) is 4.32. The number of fused-ring (bicyclic) bond motifs is 1. The van der Waals surface area contributed by atoms with Crippen molar-refractivity contribution in [2.45, 2.75) is 18.9 Å². The quantitative estimate of drug-likeness (QED) is 0.699. The average Bonchev–Trinajstić information content (AvgIpc) is 2.78. The molecule has 3 fully saturated rings. The largest absolute Gasteiger partial charge is 0.316 e. The number of likely N-dealkylation sites (tertiary alicyclic amines) is 1. The number of hydrogen-bond acceptors (Lipinski definition) is 3. The summed E-state index contributed by atoms with van der Waals surface area (Å²) in [5, 5.41) is 3.52. The Hall–Kier alpha value is 0.270. The van der Waals surface area contributed by atoms with Crippen molar-refractivity contribution >= 4 is 11.8 Å². The van der Waals surface area contributed by atoms with Crippen LogP contribution in [0.1, 0.15) is 12.8 Å². The lowest BCUT2D eigenvalue weighted by Gasteiger charge is -2.31. The standard InChI is InChI=1S/C11H20N2S/c1-3-14-4-2-11(1)13-7-9-5-12-6-10(9)8-13/h9-12H,1-8H2/t9-,10+. The third kappa shape index (κ3) is 1.70. The van der Waals surface area contributed by atoms with Gasteiger partial charge >= 0.3 is 0 Å². The van der Waals surface area contributed by atoms with Crippen molar-refractivity contribution < 1.29 is 0 Å². The van der Waals surface area contributed by atoms with Crippen LogP contribution >= 0.6 is 11.8 Å². The van der Waals surface area contributed by atoms with E-state index in [-0.39, 0.29) is 0 Å². The van der Waals surface area contributed by atoms with Crippen LogP contribution < -0.4 is 5.32 Å². The first kappa shape index (κ1) is 9.49. The zero-order valence-corrected chi connectivity index (χ0v) is 9.56. The van der Waals surface area contributed by atoms with Gasteiger partial charge in [-0.25, -0.2) is 0 Å². The molecule has 0 aromatic carbocycles. The highest BCUT2D eigenvalue weighted by atomic mass is 32.2. The highest BCUT2D eigenvalue weighted by molar-refractivity contribution is 7.99. The highest BCUT2D eigenvalue weighted by Crippen LogP contribution is 2.31. The minimum Gasteiger partial charge on any atom is -0.316 e. The van der Waals surface area contributed by atoms with Gasteiger partial charge < -0.3 is 5.32 Å². The molecule has 0 amide bonds. The summed E-state index contributed by atoms with van der Waals surface area (Å²) in [7, 11) is 0. The second kappa shape index (κ2) is 4.03. The van der Waals surface area contributed by atoms with Crippen LogP contribution in [0.4, 0.5) is 0 Å². The van der Waals surface area contributed by atoms with E-state index in [4.69, 9.17) is 0 Å². The molecule has 0 unspecified atom stereocenters. The first-order valence-corrected chi connectivity index (χ1v) is 7.11. The molecule has 3 aliphatic heterocycles. The van der Waals surface area contributed by atoms with E-state index in [1.807, 2.05) is 0 Å². The van der Waals surface area contributed by atoms with E-state index in [1.54, 1.807) is 0 Å². The molecule has 14 heavy (non-hydrogen) atoms. The summed E-state index contributed by atoms with van der Waals surface area (Å²) < 4.78 is 0. The van der Waals surface area contributed by atoms with Gasteiger partial charge in [0, 0.05) is 19.1 Å². The Morgan fingerprint density at radius 2 is 1.64 bits per heavy atom. The maximum Gasteiger partial charge on any atom is 0.0111 e. The summed E-state index contributed by atoms with van der Waals surface area (Å²) in [6.07, 6.45) is 2.88. The van der Waals surface area contributed by atoms with Crippen LogP contribution in [0.3, 0.4) is 0 Å². The van der Waals surface area contributed by atoms with Crippen molar-refractivity contribution in [3.8, 4) is 0 Å². The Bertz CT molecular complexity index is 191. The molecule has 1 N–H and O–H groups in total. The molecule has 2 nitrogen and oxygen atoms in total. The Kier molecular flexibility index (Phi) is 2.73. The summed E-state index contributed by atoms with van der Waals surface area (Å²) >= 11 is 2.14. The molecule has 3 heteroatoms. The molecule has 0 saturated carbocycles. The van der Waals surface area contributed by atoms with Gasteiger partial charge in [0.05, 0.1) is 0 Å². The lowest BCUT2D eigenvalue weighted by molar-refractivity contribution is 0.214. The van der Waals surface area contributed by atoms with Crippen LogP contribution in [-0.4, -0.2) is 48.6 Å². The lowest BCUT2D eigenvalue weighted by Crippen LogP contribution is -2.38. The van der Waals surface area contributed by atoms with Gasteiger partial charge in [0.2, 0.25) is 0 Å². The molecule has 0 spiro atoms. The zero-order chi connectivity index (χ0) is 9.38. The van der Waals surface area contributed by atoms with Gasteiger partial charge in [-0.2, -0.15) is 11.8 Å². The molecule has 0 aromatic heterocycles. The molecule has 0 aromatic rings. The van der Waals surface area contributed by atoms with Crippen LogP contribution in [0.2, 0.25) is 0 Å². The molecule has 3 saturated heterocycles. The van der Waals surface area contributed by atoms with Crippen LogP contribution in [-0.2, 0) is 0 Å². The predicted molar refractivity (Wildman–Crippen MR) is 61.8 cm³/mol. The summed E-state index contributed by atoms with van der Waals surface area (Å²) in [5.74, 6) is 4.75. The molecule has 2 atom stereocenters. The van der Waals surface area contributed by atoms with E-state index >= 15 is 0 Å². The van der Waals surface area contributed by atoms with Crippen molar-refractivity contribution in [1.82, 2.24) is 10.2 Å². The van der Waals surface area contributed by atoms with E-state index in [0.29, 0.717) is 0 Å². The van der Waals surface area contributed by atoms with Crippen molar-refractivity contribution in [3.63, 3.8) is 0 Å². The van der Waals surface area contributed by atoms with Crippen molar-refractivity contribution in [3.05, 3.63) is 0 Å². The van der Waals surface area contributed by atoms with Gasteiger partial charge in [0.25, 0.3) is 0 Å². The van der Waals surface area contributed by atoms with Gasteiger partial charge in [0.15, 0.2) is 0 Å². The van der Waals surface area contributed by atoms with E-state index in [2.05, 4.69) is 22.0 Å². The molecular formula is C11H20N2S. The number of rotatable bonds is 1. The van der Waals surface area contributed by atoms with Gasteiger partial charge in [0.1, 0.15) is 0 Å². The molecule has 3 heterocycles. The first-order chi connectivity index (χ1) is 6.93. The van der Waals surface area contributed by atoms with E-state index in [1.165, 1.54) is 50.5 Å². The first-order valence-electron chi connectivity index (χ1n) is 5.96. The summed E-state index contributed by atoms with van der Waals surface area (Å²) in [6, 6.07) is 0.932. The smallest absolute Gasteiger partial charge is 0.0111 e. The van der Waals surface area contributed by atoms with E-state index < -0.39 is 0 Å². The molecule has 0 aliphatic carbocycles. The number of thioether (sulfide) groups is 1. The fraction of sp³-hybridized carbons (Fsp3) is 1.00. The maximum atomic E-state index is 3.52. The van der Waals surface area contributed by atoms with Crippen LogP contribution in [0.5, 0.6) is 0 Å². The van der Waals surface area contributed by atoms with Crippen molar-refractivity contribution in [2.75, 3.05) is 37.7 Å². The van der Waals surface area contributed by atoms with E-state index in [9.17, 15) is 0 Å². The summed E-state index contributed by atoms with van der Waals surface area (Å²) in [6.45, 7) is 5.32. The third-order valence-corrected chi connectivity index (χ3v) is 5.17. The second-order valence-electron chi connectivity index (χ2n) is 4.98. The Morgan fingerprint density at radius 3 is 2.29 bits per heavy atom. The van der Waals surface area contributed by atoms with Gasteiger partial charge in [-0.05, 0) is 49.3 Å². The number of nitrogens with one attached hydrogen (secondary N) is 1. The second-order valence-corrected chi connectivity index (χ2v) is 6.20. The fourth-order valence-electron chi connectivity index (χ4n) is 3.24. The Labute approximate surface area is 90.8 Å². The topological polar surface area (TPSA) is 15.3 Å². The third-order valence-electron chi connectivity index (χ3n) is 4.12. The minimum atomic E-state index is 0.932. The van der Waals surface area contributed by atoms with Gasteiger partial charge in [-0.3, -0.25) is 4.90 Å². The lowest BCUT2D eigenvalue weighted by atomic mass is 10.0. The van der Waals surface area contributed by atoms with E-state index in [0.717, 1.165) is 17.9 Å². The summed E-state index contributed by atoms with van der Waals surface area (Å²) in [5.41, 5.74) is 0. The van der Waals surface area contributed by atoms with Crippen molar-refractivity contribution in [1.29, 1.82) is 0 Å². The number of hydrogen-bond donors (Lipinski definition) is 1. The Morgan fingerprint density at radius 1 is 1.00 bits per heavy atom.